The first-order valence-corrected chi connectivity index (χ1v) is 17.3. The molecule has 5 aromatic rings. The van der Waals surface area contributed by atoms with Crippen LogP contribution in [0.25, 0.3) is 44.8 Å². The molecular formula is C38H44N8O4. The normalized spacial score (nSPS) is 18.2. The highest BCUT2D eigenvalue weighted by Gasteiger charge is 2.36. The highest BCUT2D eigenvalue weighted by atomic mass is 16.6. The zero-order valence-corrected chi connectivity index (χ0v) is 29.5. The van der Waals surface area contributed by atoms with Crippen molar-refractivity contribution >= 4 is 23.2 Å². The number of H-pyrrole nitrogens is 2. The highest BCUT2D eigenvalue weighted by Crippen LogP contribution is 2.35. The molecule has 2 saturated heterocycles. The maximum atomic E-state index is 12.8. The fraction of sp³-hybridized carbons (Fsp3) is 0.421. The molecule has 2 aliphatic heterocycles. The molecule has 2 fully saturated rings. The van der Waals surface area contributed by atoms with Gasteiger partial charge in [0, 0.05) is 36.6 Å². The smallest absolute Gasteiger partial charge is 0.410 e. The first-order valence-electron chi connectivity index (χ1n) is 17.3. The third kappa shape index (κ3) is 7.05. The first-order chi connectivity index (χ1) is 23.8. The predicted molar refractivity (Wildman–Crippen MR) is 190 cm³/mol. The van der Waals surface area contributed by atoms with Gasteiger partial charge in [-0.15, -0.1) is 0 Å². The molecule has 3 aromatic heterocycles. The average Bonchev–Trinajstić information content (AvgIpc) is 3.88. The Balaban J connectivity index is 1.03. The second-order valence-corrected chi connectivity index (χ2v) is 15.1. The van der Waals surface area contributed by atoms with Crippen molar-refractivity contribution in [1.29, 1.82) is 0 Å². The van der Waals surface area contributed by atoms with Gasteiger partial charge in [0.1, 0.15) is 22.9 Å². The second-order valence-electron chi connectivity index (χ2n) is 15.1. The van der Waals surface area contributed by atoms with Crippen LogP contribution in [0.1, 0.15) is 91.0 Å². The van der Waals surface area contributed by atoms with Crippen LogP contribution >= 0.6 is 0 Å². The van der Waals surface area contributed by atoms with Crippen molar-refractivity contribution in [2.75, 3.05) is 13.1 Å². The van der Waals surface area contributed by atoms with E-state index in [4.69, 9.17) is 14.5 Å². The van der Waals surface area contributed by atoms with E-state index < -0.39 is 11.2 Å². The molecule has 2 aliphatic rings. The van der Waals surface area contributed by atoms with E-state index in [0.29, 0.717) is 18.9 Å². The minimum absolute atomic E-state index is 0.133. The number of amides is 2. The summed E-state index contributed by atoms with van der Waals surface area (Å²) in [7, 11) is 0. The van der Waals surface area contributed by atoms with Crippen molar-refractivity contribution < 1.29 is 19.1 Å². The zero-order chi connectivity index (χ0) is 35.2. The lowest BCUT2D eigenvalue weighted by molar-refractivity contribution is 0.0208. The zero-order valence-electron chi connectivity index (χ0n) is 29.5. The summed E-state index contributed by atoms with van der Waals surface area (Å²) in [4.78, 5) is 54.9. The van der Waals surface area contributed by atoms with Crippen LogP contribution in [0.3, 0.4) is 0 Å². The summed E-state index contributed by atoms with van der Waals surface area (Å²) < 4.78 is 11.3. The summed E-state index contributed by atoms with van der Waals surface area (Å²) in [6.45, 7) is 12.6. The molecule has 0 bridgehead atoms. The van der Waals surface area contributed by atoms with Gasteiger partial charge in [0.25, 0.3) is 0 Å². The van der Waals surface area contributed by atoms with Gasteiger partial charge in [0.2, 0.25) is 0 Å². The van der Waals surface area contributed by atoms with Gasteiger partial charge in [-0.1, -0.05) is 24.3 Å². The summed E-state index contributed by atoms with van der Waals surface area (Å²) in [6, 6.07) is 13.8. The Labute approximate surface area is 291 Å². The predicted octanol–water partition coefficient (Wildman–Crippen LogP) is 8.22. The molecular weight excluding hydrogens is 632 g/mol. The number of benzene rings is 2. The minimum atomic E-state index is -0.554. The van der Waals surface area contributed by atoms with Crippen LogP contribution < -0.4 is 0 Å². The lowest BCUT2D eigenvalue weighted by Crippen LogP contribution is -2.36. The maximum Gasteiger partial charge on any atom is 0.410 e. The number of fused-ring (bicyclic) bond motifs is 1. The number of nitrogens with one attached hydrogen (secondary N) is 2. The molecule has 0 spiro atoms. The summed E-state index contributed by atoms with van der Waals surface area (Å²) >= 11 is 0. The number of nitrogens with zero attached hydrogens (tertiary/aromatic N) is 6. The summed E-state index contributed by atoms with van der Waals surface area (Å²) in [5.41, 5.74) is 5.21. The van der Waals surface area contributed by atoms with Gasteiger partial charge in [-0.25, -0.2) is 29.5 Å². The topological polar surface area (TPSA) is 142 Å². The van der Waals surface area contributed by atoms with Crippen LogP contribution in [0.4, 0.5) is 9.59 Å². The highest BCUT2D eigenvalue weighted by molar-refractivity contribution is 5.81. The Morgan fingerprint density at radius 3 is 1.84 bits per heavy atom. The second kappa shape index (κ2) is 12.9. The summed E-state index contributed by atoms with van der Waals surface area (Å²) in [5.74, 6) is 2.13. The molecule has 2 atom stereocenters. The molecule has 7 rings (SSSR count). The summed E-state index contributed by atoms with van der Waals surface area (Å²) in [6.07, 6.45) is 8.33. The number of ether oxygens (including phenoxy) is 2. The number of aromatic nitrogens is 6. The van der Waals surface area contributed by atoms with Gasteiger partial charge >= 0.3 is 12.2 Å². The molecule has 0 radical (unpaired) electrons. The van der Waals surface area contributed by atoms with Crippen LogP contribution in [0.15, 0.2) is 61.1 Å². The Morgan fingerprint density at radius 1 is 0.680 bits per heavy atom. The molecule has 0 unspecified atom stereocenters. The quantitative estimate of drug-likeness (QED) is 0.190. The van der Waals surface area contributed by atoms with Crippen LogP contribution in [-0.4, -0.2) is 76.2 Å². The minimum Gasteiger partial charge on any atom is -0.444 e. The standard InChI is InChI=1S/C38H44N8O4/c1-37(2,3)49-35(47)45-17-7-9-30(45)33-41-22-29(44-33)24-13-11-23(12-14-24)26-20-39-32(40-21-26)25-15-16-27-28(19-25)43-34(42-27)31-10-8-18-46(31)36(48)50-38(4,5)6/h11-16,19-22,30-31H,7-10,17-18H2,1-6H3,(H,41,44)(H,42,43)/t30-,31-/m0/s1. The molecule has 12 nitrogen and oxygen atoms in total. The van der Waals surface area contributed by atoms with Crippen LogP contribution in [0, 0.1) is 0 Å². The van der Waals surface area contributed by atoms with Gasteiger partial charge in [0.15, 0.2) is 5.82 Å². The molecule has 260 valence electrons. The van der Waals surface area contributed by atoms with Gasteiger partial charge in [-0.05, 0) is 96.6 Å². The Hall–Kier alpha value is -5.26. The van der Waals surface area contributed by atoms with Crippen LogP contribution in [0.5, 0.6) is 0 Å². The van der Waals surface area contributed by atoms with Gasteiger partial charge in [-0.2, -0.15) is 0 Å². The number of hydrogen-bond acceptors (Lipinski definition) is 8. The van der Waals surface area contributed by atoms with Gasteiger partial charge < -0.3 is 19.4 Å². The van der Waals surface area contributed by atoms with Gasteiger partial charge in [0.05, 0.1) is 35.0 Å². The third-order valence-electron chi connectivity index (χ3n) is 8.93. The summed E-state index contributed by atoms with van der Waals surface area (Å²) in [5, 5.41) is 0. The van der Waals surface area contributed by atoms with Crippen LogP contribution in [0.2, 0.25) is 0 Å². The van der Waals surface area contributed by atoms with Crippen molar-refractivity contribution in [3.63, 3.8) is 0 Å². The number of carbonyl (C=O) groups excluding carboxylic acids is 2. The fourth-order valence-electron chi connectivity index (χ4n) is 6.62. The monoisotopic (exact) mass is 676 g/mol. The van der Waals surface area contributed by atoms with E-state index in [1.807, 2.05) is 103 Å². The van der Waals surface area contributed by atoms with Crippen molar-refractivity contribution in [3.8, 4) is 33.8 Å². The molecule has 0 aliphatic carbocycles. The largest absolute Gasteiger partial charge is 0.444 e. The molecule has 2 N–H and O–H groups in total. The van der Waals surface area contributed by atoms with Crippen molar-refractivity contribution in [2.45, 2.75) is 90.5 Å². The Bertz CT molecular complexity index is 2000. The molecule has 0 saturated carbocycles. The van der Waals surface area contributed by atoms with E-state index in [9.17, 15) is 9.59 Å². The SMILES string of the molecule is CC(C)(C)OC(=O)N1CCC[C@H]1c1ncc(-c2ccc(-c3cnc(-c4ccc5[nH]c([C@@H]6CCCN6C(=O)OC(C)(C)C)nc5c4)nc3)cc2)[nH]1. The van der Waals surface area contributed by atoms with E-state index in [0.717, 1.165) is 76.3 Å². The number of aromatic amines is 2. The molecule has 50 heavy (non-hydrogen) atoms. The molecule has 2 amide bonds. The first kappa shape index (κ1) is 33.2. The number of rotatable bonds is 5. The van der Waals surface area contributed by atoms with E-state index >= 15 is 0 Å². The molecule has 12 heteroatoms. The van der Waals surface area contributed by atoms with Crippen molar-refractivity contribution in [1.82, 2.24) is 39.7 Å². The Morgan fingerprint density at radius 2 is 1.24 bits per heavy atom. The van der Waals surface area contributed by atoms with E-state index in [2.05, 4.69) is 24.9 Å². The number of hydrogen-bond donors (Lipinski definition) is 2. The number of carbonyl (C=O) groups is 2. The molecule has 2 aromatic carbocycles. The number of likely N-dealkylation sites (tertiary alicyclic amines) is 2. The van der Waals surface area contributed by atoms with Gasteiger partial charge in [-0.3, -0.25) is 9.80 Å². The van der Waals surface area contributed by atoms with Crippen molar-refractivity contribution in [3.05, 3.63) is 72.7 Å². The van der Waals surface area contributed by atoms with E-state index in [-0.39, 0.29) is 24.3 Å². The lowest BCUT2D eigenvalue weighted by Gasteiger charge is -2.27. The lowest BCUT2D eigenvalue weighted by atomic mass is 10.1. The van der Waals surface area contributed by atoms with Crippen LogP contribution in [-0.2, 0) is 9.47 Å². The number of imidazole rings is 2. The third-order valence-corrected chi connectivity index (χ3v) is 8.93. The van der Waals surface area contributed by atoms with E-state index in [1.165, 1.54) is 0 Å². The average molecular weight is 677 g/mol. The van der Waals surface area contributed by atoms with Crippen molar-refractivity contribution in [2.24, 2.45) is 0 Å². The molecule has 5 heterocycles. The Kier molecular flexibility index (Phi) is 8.57. The maximum absolute atomic E-state index is 12.8. The van der Waals surface area contributed by atoms with E-state index in [1.54, 1.807) is 9.80 Å². The fourth-order valence-corrected chi connectivity index (χ4v) is 6.62.